The van der Waals surface area contributed by atoms with Crippen molar-refractivity contribution < 1.29 is 4.79 Å². The van der Waals surface area contributed by atoms with E-state index >= 15 is 0 Å². The maximum absolute atomic E-state index is 12.1. The van der Waals surface area contributed by atoms with Gasteiger partial charge in [-0.1, -0.05) is 26.0 Å². The molecule has 0 saturated heterocycles. The average Bonchev–Trinajstić information content (AvgIpc) is 2.52. The van der Waals surface area contributed by atoms with Crippen LogP contribution >= 0.6 is 0 Å². The maximum atomic E-state index is 12.1. The number of carbonyl (C=O) groups is 1. The fraction of sp³-hybridized carbons (Fsp3) is 0.294. The van der Waals surface area contributed by atoms with Gasteiger partial charge in [0.2, 0.25) is 5.95 Å². The molecule has 1 heterocycles. The van der Waals surface area contributed by atoms with Gasteiger partial charge in [0.05, 0.1) is 11.3 Å². The van der Waals surface area contributed by atoms with E-state index in [-0.39, 0.29) is 5.91 Å². The van der Waals surface area contributed by atoms with Crippen LogP contribution in [0, 0.1) is 24.2 Å². The zero-order valence-electron chi connectivity index (χ0n) is 13.4. The zero-order chi connectivity index (χ0) is 16.8. The molecule has 2 rings (SSSR count). The first-order chi connectivity index (χ1) is 11.0. The Balaban J connectivity index is 2.24. The third-order valence-electron chi connectivity index (χ3n) is 3.05. The monoisotopic (exact) mass is 309 g/mol. The summed E-state index contributed by atoms with van der Waals surface area (Å²) in [6, 6.07) is 10.8. The largest absolute Gasteiger partial charge is 0.350 e. The van der Waals surface area contributed by atoms with Crippen molar-refractivity contribution in [3.8, 4) is 6.07 Å². The lowest BCUT2D eigenvalue weighted by atomic mass is 10.2. The Morgan fingerprint density at radius 3 is 2.74 bits per heavy atom. The molecular formula is C17H19N5O. The van der Waals surface area contributed by atoms with Gasteiger partial charge >= 0.3 is 0 Å². The zero-order valence-corrected chi connectivity index (χ0v) is 13.4. The predicted octanol–water partition coefficient (Wildman–Crippen LogP) is 2.79. The molecule has 118 valence electrons. The minimum atomic E-state index is -0.235. The molecule has 1 aromatic carbocycles. The summed E-state index contributed by atoms with van der Waals surface area (Å²) in [6.45, 7) is 6.43. The first kappa shape index (κ1) is 16.4. The van der Waals surface area contributed by atoms with Gasteiger partial charge in [0.15, 0.2) is 0 Å². The molecule has 0 radical (unpaired) electrons. The van der Waals surface area contributed by atoms with Crippen molar-refractivity contribution in [1.29, 1.82) is 5.26 Å². The maximum Gasteiger partial charge on any atom is 0.270 e. The van der Waals surface area contributed by atoms with Crippen LogP contribution in [0.3, 0.4) is 0 Å². The van der Waals surface area contributed by atoms with E-state index in [2.05, 4.69) is 26.7 Å². The van der Waals surface area contributed by atoms with Crippen LogP contribution in [-0.4, -0.2) is 22.4 Å². The van der Waals surface area contributed by atoms with E-state index in [0.717, 1.165) is 0 Å². The van der Waals surface area contributed by atoms with Gasteiger partial charge in [-0.3, -0.25) is 4.79 Å². The SMILES string of the molecule is Cc1cc(C(=O)NCC(C)C)nc(Nc2ccccc2C#N)n1. The lowest BCUT2D eigenvalue weighted by Gasteiger charge is -2.10. The molecule has 23 heavy (non-hydrogen) atoms. The van der Waals surface area contributed by atoms with Crippen molar-refractivity contribution in [2.45, 2.75) is 20.8 Å². The Morgan fingerprint density at radius 2 is 2.04 bits per heavy atom. The Hall–Kier alpha value is -2.94. The van der Waals surface area contributed by atoms with Crippen LogP contribution in [0.4, 0.5) is 11.6 Å². The van der Waals surface area contributed by atoms with Crippen molar-refractivity contribution in [2.75, 3.05) is 11.9 Å². The number of hydrogen-bond acceptors (Lipinski definition) is 5. The van der Waals surface area contributed by atoms with Gasteiger partial charge < -0.3 is 10.6 Å². The number of nitrogens with zero attached hydrogens (tertiary/aromatic N) is 3. The summed E-state index contributed by atoms with van der Waals surface area (Å²) in [5.41, 5.74) is 2.07. The number of aromatic nitrogens is 2. The van der Waals surface area contributed by atoms with Crippen molar-refractivity contribution in [1.82, 2.24) is 15.3 Å². The number of benzene rings is 1. The van der Waals surface area contributed by atoms with E-state index in [1.165, 1.54) is 0 Å². The Labute approximate surface area is 135 Å². The first-order valence-corrected chi connectivity index (χ1v) is 7.39. The van der Waals surface area contributed by atoms with Gasteiger partial charge in [-0.15, -0.1) is 0 Å². The number of aryl methyl sites for hydroxylation is 1. The second-order valence-electron chi connectivity index (χ2n) is 5.60. The third-order valence-corrected chi connectivity index (χ3v) is 3.05. The number of nitrogens with one attached hydrogen (secondary N) is 2. The highest BCUT2D eigenvalue weighted by Gasteiger charge is 2.12. The highest BCUT2D eigenvalue weighted by molar-refractivity contribution is 5.92. The predicted molar refractivity (Wildman–Crippen MR) is 88.4 cm³/mol. The summed E-state index contributed by atoms with van der Waals surface area (Å²) < 4.78 is 0. The molecule has 0 aliphatic rings. The van der Waals surface area contributed by atoms with Crippen LogP contribution in [0.5, 0.6) is 0 Å². The van der Waals surface area contributed by atoms with Gasteiger partial charge in [-0.25, -0.2) is 9.97 Å². The Morgan fingerprint density at radius 1 is 1.30 bits per heavy atom. The summed E-state index contributed by atoms with van der Waals surface area (Å²) in [5, 5.41) is 15.0. The summed E-state index contributed by atoms with van der Waals surface area (Å²) >= 11 is 0. The number of carbonyl (C=O) groups excluding carboxylic acids is 1. The van der Waals surface area contributed by atoms with Crippen LogP contribution in [-0.2, 0) is 0 Å². The highest BCUT2D eigenvalue weighted by Crippen LogP contribution is 2.18. The number of anilines is 2. The second-order valence-corrected chi connectivity index (χ2v) is 5.60. The molecule has 6 heteroatoms. The molecule has 1 aromatic heterocycles. The Bertz CT molecular complexity index is 749. The lowest BCUT2D eigenvalue weighted by molar-refractivity contribution is 0.0944. The van der Waals surface area contributed by atoms with Crippen LogP contribution in [0.25, 0.3) is 0 Å². The van der Waals surface area contributed by atoms with Crippen molar-refractivity contribution in [3.63, 3.8) is 0 Å². The van der Waals surface area contributed by atoms with Crippen LogP contribution in [0.2, 0.25) is 0 Å². The summed E-state index contributed by atoms with van der Waals surface area (Å²) in [7, 11) is 0. The third kappa shape index (κ3) is 4.51. The first-order valence-electron chi connectivity index (χ1n) is 7.39. The summed E-state index contributed by atoms with van der Waals surface area (Å²) in [6.07, 6.45) is 0. The number of nitriles is 1. The molecular weight excluding hydrogens is 290 g/mol. The molecule has 2 aromatic rings. The van der Waals surface area contributed by atoms with Crippen molar-refractivity contribution in [3.05, 3.63) is 47.3 Å². The summed E-state index contributed by atoms with van der Waals surface area (Å²) in [4.78, 5) is 20.7. The molecule has 2 N–H and O–H groups in total. The van der Waals surface area contributed by atoms with Crippen LogP contribution in [0.15, 0.2) is 30.3 Å². The average molecular weight is 309 g/mol. The van der Waals surface area contributed by atoms with Crippen molar-refractivity contribution in [2.24, 2.45) is 5.92 Å². The molecule has 0 aliphatic heterocycles. The summed E-state index contributed by atoms with van der Waals surface area (Å²) in [5.74, 6) is 0.421. The molecule has 0 fully saturated rings. The van der Waals surface area contributed by atoms with Gasteiger partial charge in [-0.05, 0) is 31.0 Å². The fourth-order valence-electron chi connectivity index (χ4n) is 1.94. The van der Waals surface area contributed by atoms with Gasteiger partial charge in [0.25, 0.3) is 5.91 Å². The lowest BCUT2D eigenvalue weighted by Crippen LogP contribution is -2.28. The molecule has 0 atom stereocenters. The molecule has 0 saturated carbocycles. The quantitative estimate of drug-likeness (QED) is 0.886. The normalized spacial score (nSPS) is 10.2. The van der Waals surface area contributed by atoms with E-state index in [1.54, 1.807) is 31.2 Å². The van der Waals surface area contributed by atoms with E-state index in [0.29, 0.717) is 41.0 Å². The molecule has 6 nitrogen and oxygen atoms in total. The van der Waals surface area contributed by atoms with E-state index in [9.17, 15) is 4.79 Å². The van der Waals surface area contributed by atoms with E-state index in [1.807, 2.05) is 19.9 Å². The number of amides is 1. The van der Waals surface area contributed by atoms with Crippen molar-refractivity contribution >= 4 is 17.5 Å². The minimum absolute atomic E-state index is 0.235. The topological polar surface area (TPSA) is 90.7 Å². The molecule has 0 unspecified atom stereocenters. The van der Waals surface area contributed by atoms with Gasteiger partial charge in [0.1, 0.15) is 11.8 Å². The molecule has 0 spiro atoms. The standard InChI is InChI=1S/C17H19N5O/c1-11(2)10-19-16(23)15-8-12(3)20-17(22-15)21-14-7-5-4-6-13(14)9-18/h4-8,11H,10H2,1-3H3,(H,19,23)(H,20,21,22). The van der Waals surface area contributed by atoms with E-state index < -0.39 is 0 Å². The second kappa shape index (κ2) is 7.36. The minimum Gasteiger partial charge on any atom is -0.350 e. The van der Waals surface area contributed by atoms with Gasteiger partial charge in [0, 0.05) is 12.2 Å². The number of para-hydroxylation sites is 1. The van der Waals surface area contributed by atoms with E-state index in [4.69, 9.17) is 5.26 Å². The molecule has 0 bridgehead atoms. The smallest absolute Gasteiger partial charge is 0.270 e. The van der Waals surface area contributed by atoms with Crippen LogP contribution in [0.1, 0.15) is 35.6 Å². The van der Waals surface area contributed by atoms with Gasteiger partial charge in [-0.2, -0.15) is 5.26 Å². The fourth-order valence-corrected chi connectivity index (χ4v) is 1.94. The Kier molecular flexibility index (Phi) is 5.26. The number of hydrogen-bond donors (Lipinski definition) is 2. The molecule has 0 aliphatic carbocycles. The van der Waals surface area contributed by atoms with Crippen LogP contribution < -0.4 is 10.6 Å². The number of rotatable bonds is 5. The molecule has 1 amide bonds. The highest BCUT2D eigenvalue weighted by atomic mass is 16.1.